The maximum Gasteiger partial charge on any atom is 0.412 e. The summed E-state index contributed by atoms with van der Waals surface area (Å²) in [5.74, 6) is 0.776. The Hall–Kier alpha value is -5.16. The Morgan fingerprint density at radius 3 is 2.40 bits per heavy atom. The summed E-state index contributed by atoms with van der Waals surface area (Å²) < 4.78 is 6.03. The van der Waals surface area contributed by atoms with Gasteiger partial charge in [0.25, 0.3) is 0 Å². The second kappa shape index (κ2) is 17.4. The minimum absolute atomic E-state index is 0.0325. The van der Waals surface area contributed by atoms with Crippen LogP contribution in [-0.2, 0) is 12.8 Å². The molecule has 0 saturated heterocycles. The third-order valence-electron chi connectivity index (χ3n) is 9.96. The fraction of sp³-hybridized carbons (Fsp3) is 0.333. The number of phenols is 1. The van der Waals surface area contributed by atoms with Gasteiger partial charge in [-0.2, -0.15) is 0 Å². The average Bonchev–Trinajstić information content (AvgIpc) is 3.15. The number of nitrogens with two attached hydrogens (primary N) is 1. The quantitative estimate of drug-likeness (QED) is 0.0641. The molecule has 52 heavy (non-hydrogen) atoms. The summed E-state index contributed by atoms with van der Waals surface area (Å²) in [6, 6.07) is 30.4. The number of H-pyrrole nitrogens is 1. The van der Waals surface area contributed by atoms with E-state index in [4.69, 9.17) is 10.5 Å². The first kappa shape index (κ1) is 36.6. The predicted octanol–water partition coefficient (Wildman–Crippen LogP) is 6.92. The SMILES string of the molecule is NC1CCC(N(C(=O)O)c2cc(CCCCOc3ccc(CCNC[C@@H](O)c4ccc(O)c5[nH]c(=O)ccc45)cc3)ccc2-c2ccccc2)CC1. The monoisotopic (exact) mass is 704 g/mol. The van der Waals surface area contributed by atoms with Crippen LogP contribution in [0, 0.1) is 0 Å². The number of fused-ring (bicyclic) bond motifs is 1. The fourth-order valence-electron chi connectivity index (χ4n) is 7.11. The fourth-order valence-corrected chi connectivity index (χ4v) is 7.11. The number of aliphatic hydroxyl groups excluding tert-OH is 1. The van der Waals surface area contributed by atoms with Crippen LogP contribution in [0.1, 0.15) is 61.3 Å². The maximum absolute atomic E-state index is 12.7. The van der Waals surface area contributed by atoms with Gasteiger partial charge in [0.2, 0.25) is 5.56 Å². The van der Waals surface area contributed by atoms with Crippen molar-refractivity contribution < 1.29 is 24.9 Å². The number of rotatable bonds is 15. The van der Waals surface area contributed by atoms with Crippen molar-refractivity contribution in [2.45, 2.75) is 69.6 Å². The van der Waals surface area contributed by atoms with Crippen molar-refractivity contribution in [3.63, 3.8) is 0 Å². The van der Waals surface area contributed by atoms with Crippen LogP contribution < -0.4 is 26.2 Å². The number of unbranched alkanes of at least 4 members (excludes halogenated alkanes) is 1. The Labute approximate surface area is 303 Å². The Morgan fingerprint density at radius 1 is 0.904 bits per heavy atom. The molecule has 0 aliphatic heterocycles. The van der Waals surface area contributed by atoms with Crippen molar-refractivity contribution in [1.29, 1.82) is 0 Å². The summed E-state index contributed by atoms with van der Waals surface area (Å²) in [6.07, 6.45) is 4.80. The number of amides is 1. The molecule has 0 unspecified atom stereocenters. The number of aliphatic hydroxyl groups is 1. The highest BCUT2D eigenvalue weighted by Crippen LogP contribution is 2.36. The number of carbonyl (C=O) groups is 1. The average molecular weight is 705 g/mol. The molecule has 1 fully saturated rings. The number of benzene rings is 4. The number of aryl methyl sites for hydroxylation is 1. The van der Waals surface area contributed by atoms with E-state index in [1.165, 1.54) is 12.1 Å². The summed E-state index contributed by atoms with van der Waals surface area (Å²) in [4.78, 5) is 28.6. The molecule has 5 aromatic rings. The van der Waals surface area contributed by atoms with Gasteiger partial charge in [0.15, 0.2) is 0 Å². The van der Waals surface area contributed by atoms with E-state index in [9.17, 15) is 24.9 Å². The molecule has 0 spiro atoms. The molecule has 1 aliphatic carbocycles. The molecule has 1 saturated carbocycles. The molecule has 10 nitrogen and oxygen atoms in total. The first-order valence-corrected chi connectivity index (χ1v) is 18.2. The van der Waals surface area contributed by atoms with Crippen molar-refractivity contribution in [2.24, 2.45) is 5.73 Å². The van der Waals surface area contributed by atoms with E-state index in [1.54, 1.807) is 17.0 Å². The lowest BCUT2D eigenvalue weighted by molar-refractivity contribution is 0.176. The number of nitrogens with zero attached hydrogens (tertiary/aromatic N) is 1. The normalized spacial score (nSPS) is 16.4. The molecule has 10 heteroatoms. The molecule has 1 amide bonds. The smallest absolute Gasteiger partial charge is 0.412 e. The van der Waals surface area contributed by atoms with Gasteiger partial charge in [-0.05, 0) is 110 Å². The molecule has 0 bridgehead atoms. The van der Waals surface area contributed by atoms with Gasteiger partial charge in [0.05, 0.1) is 23.9 Å². The highest BCUT2D eigenvalue weighted by molar-refractivity contribution is 5.94. The second-order valence-electron chi connectivity index (χ2n) is 13.6. The van der Waals surface area contributed by atoms with Crippen LogP contribution in [0.25, 0.3) is 22.0 Å². The third-order valence-corrected chi connectivity index (χ3v) is 9.96. The highest BCUT2D eigenvalue weighted by Gasteiger charge is 2.30. The standard InChI is InChI=1S/C42H48N4O6/c43-31-12-14-32(15-13-31)46(42(50)51)37-26-29(11-18-34(37)30-7-2-1-3-8-30)6-4-5-25-52-33-16-9-28(10-17-33)23-24-44-27-39(48)35-19-21-38(47)41-36(35)20-22-40(49)45-41/h1-3,7-11,16-22,26,31-32,39,44,47-48H,4-6,12-15,23-25,27,43H2,(H,45,49)(H,50,51)/t31?,32?,39-/m1/s1. The summed E-state index contributed by atoms with van der Waals surface area (Å²) >= 11 is 0. The molecule has 1 atom stereocenters. The molecule has 7 N–H and O–H groups in total. The minimum atomic E-state index is -0.927. The Kier molecular flexibility index (Phi) is 12.2. The summed E-state index contributed by atoms with van der Waals surface area (Å²) in [5.41, 5.74) is 11.7. The summed E-state index contributed by atoms with van der Waals surface area (Å²) in [7, 11) is 0. The van der Waals surface area contributed by atoms with Crippen molar-refractivity contribution in [3.05, 3.63) is 124 Å². The first-order valence-electron chi connectivity index (χ1n) is 18.2. The van der Waals surface area contributed by atoms with Gasteiger partial charge >= 0.3 is 6.09 Å². The number of pyridine rings is 1. The van der Waals surface area contributed by atoms with Gasteiger partial charge in [-0.25, -0.2) is 4.79 Å². The van der Waals surface area contributed by atoms with Crippen LogP contribution >= 0.6 is 0 Å². The summed E-state index contributed by atoms with van der Waals surface area (Å²) in [6.45, 7) is 1.57. The number of carboxylic acid groups (broad SMARTS) is 1. The van der Waals surface area contributed by atoms with Gasteiger partial charge in [-0.15, -0.1) is 0 Å². The highest BCUT2D eigenvalue weighted by atomic mass is 16.5. The largest absolute Gasteiger partial charge is 0.506 e. The van der Waals surface area contributed by atoms with Gasteiger partial charge in [0, 0.05) is 35.6 Å². The Balaban J connectivity index is 0.968. The lowest BCUT2D eigenvalue weighted by Crippen LogP contribution is -2.44. The van der Waals surface area contributed by atoms with Crippen molar-refractivity contribution in [3.8, 4) is 22.6 Å². The van der Waals surface area contributed by atoms with E-state index in [0.717, 1.165) is 85.1 Å². The van der Waals surface area contributed by atoms with Gasteiger partial charge < -0.3 is 36.1 Å². The number of aromatic hydroxyl groups is 1. The number of aromatic amines is 1. The van der Waals surface area contributed by atoms with Gasteiger partial charge in [0.1, 0.15) is 11.5 Å². The molecule has 1 aliphatic rings. The molecule has 1 heterocycles. The predicted molar refractivity (Wildman–Crippen MR) is 205 cm³/mol. The van der Waals surface area contributed by atoms with E-state index in [2.05, 4.69) is 28.5 Å². The lowest BCUT2D eigenvalue weighted by atomic mass is 9.89. The van der Waals surface area contributed by atoms with Gasteiger partial charge in [-0.1, -0.05) is 60.7 Å². The van der Waals surface area contributed by atoms with E-state index < -0.39 is 12.2 Å². The number of ether oxygens (including phenoxy) is 1. The van der Waals surface area contributed by atoms with E-state index in [-0.39, 0.29) is 23.4 Å². The minimum Gasteiger partial charge on any atom is -0.506 e. The molecule has 6 rings (SSSR count). The molecule has 272 valence electrons. The molecular weight excluding hydrogens is 656 g/mol. The van der Waals surface area contributed by atoms with Crippen LogP contribution in [-0.4, -0.2) is 58.2 Å². The van der Waals surface area contributed by atoms with E-state index in [0.29, 0.717) is 36.2 Å². The van der Waals surface area contributed by atoms with Crippen molar-refractivity contribution >= 4 is 22.7 Å². The van der Waals surface area contributed by atoms with Crippen LogP contribution in [0.3, 0.4) is 0 Å². The van der Waals surface area contributed by atoms with Crippen molar-refractivity contribution in [2.75, 3.05) is 24.6 Å². The number of anilines is 1. The number of aromatic nitrogens is 1. The number of hydrogen-bond acceptors (Lipinski definition) is 7. The molecule has 0 radical (unpaired) electrons. The number of phenolic OH excluding ortho intramolecular Hbond substituents is 1. The number of hydrogen-bond donors (Lipinski definition) is 6. The van der Waals surface area contributed by atoms with Gasteiger partial charge in [-0.3, -0.25) is 9.69 Å². The van der Waals surface area contributed by atoms with E-state index in [1.807, 2.05) is 54.6 Å². The Bertz CT molecular complexity index is 1990. The van der Waals surface area contributed by atoms with Crippen LogP contribution in [0.2, 0.25) is 0 Å². The summed E-state index contributed by atoms with van der Waals surface area (Å²) in [5, 5.41) is 35.2. The third kappa shape index (κ3) is 9.19. The first-order chi connectivity index (χ1) is 25.3. The molecule has 1 aromatic heterocycles. The lowest BCUT2D eigenvalue weighted by Gasteiger charge is -2.35. The van der Waals surface area contributed by atoms with Crippen LogP contribution in [0.4, 0.5) is 10.5 Å². The van der Waals surface area contributed by atoms with Crippen LogP contribution in [0.15, 0.2) is 102 Å². The number of nitrogens with one attached hydrogen (secondary N) is 2. The molecule has 4 aromatic carbocycles. The maximum atomic E-state index is 12.7. The van der Waals surface area contributed by atoms with Crippen molar-refractivity contribution in [1.82, 2.24) is 10.3 Å². The van der Waals surface area contributed by atoms with Crippen LogP contribution in [0.5, 0.6) is 11.5 Å². The Morgan fingerprint density at radius 2 is 1.65 bits per heavy atom. The topological polar surface area (TPSA) is 161 Å². The zero-order chi connectivity index (χ0) is 36.5. The zero-order valence-electron chi connectivity index (χ0n) is 29.3. The zero-order valence-corrected chi connectivity index (χ0v) is 29.3. The van der Waals surface area contributed by atoms with E-state index >= 15 is 0 Å². The second-order valence-corrected chi connectivity index (χ2v) is 13.6. The molecular formula is C42H48N4O6.